The van der Waals surface area contributed by atoms with Crippen LogP contribution in [0.25, 0.3) is 0 Å². The minimum atomic E-state index is -1.09. The van der Waals surface area contributed by atoms with Crippen LogP contribution in [0, 0.1) is 0 Å². The van der Waals surface area contributed by atoms with E-state index in [9.17, 15) is 9.59 Å². The molecule has 114 valence electrons. The van der Waals surface area contributed by atoms with E-state index in [0.717, 1.165) is 29.3 Å². The highest BCUT2D eigenvalue weighted by atomic mass is 79.9. The number of methoxy groups -OCH3 is 1. The van der Waals surface area contributed by atoms with Crippen molar-refractivity contribution in [2.45, 2.75) is 30.7 Å². The van der Waals surface area contributed by atoms with Crippen molar-refractivity contribution < 1.29 is 19.4 Å². The lowest BCUT2D eigenvalue weighted by atomic mass is 9.63. The summed E-state index contributed by atoms with van der Waals surface area (Å²) in [6, 6.07) is 6.60. The number of benzene rings is 1. The molecule has 2 N–H and O–H groups in total. The molecule has 2 rings (SSSR count). The SMILES string of the molecule is COCC(NC(=O)C1(c2ccc(Br)cc2)CCC1)C(=O)O. The number of carboxylic acids is 1. The van der Waals surface area contributed by atoms with Crippen LogP contribution in [-0.4, -0.2) is 36.7 Å². The van der Waals surface area contributed by atoms with E-state index in [1.807, 2.05) is 24.3 Å². The zero-order valence-electron chi connectivity index (χ0n) is 11.8. The number of nitrogens with one attached hydrogen (secondary N) is 1. The molecule has 1 saturated carbocycles. The third-order valence-electron chi connectivity index (χ3n) is 3.98. The Hall–Kier alpha value is -1.40. The van der Waals surface area contributed by atoms with Crippen LogP contribution in [0.4, 0.5) is 0 Å². The quantitative estimate of drug-likeness (QED) is 0.819. The summed E-state index contributed by atoms with van der Waals surface area (Å²) in [6.45, 7) is -0.0442. The Bertz CT molecular complexity index is 525. The summed E-state index contributed by atoms with van der Waals surface area (Å²) in [5, 5.41) is 11.7. The lowest BCUT2D eigenvalue weighted by molar-refractivity contribution is -0.145. The average Bonchev–Trinajstić information content (AvgIpc) is 2.39. The van der Waals surface area contributed by atoms with Crippen LogP contribution in [0.2, 0.25) is 0 Å². The molecule has 1 aliphatic carbocycles. The van der Waals surface area contributed by atoms with Crippen molar-refractivity contribution in [2.24, 2.45) is 0 Å². The molecule has 0 aliphatic heterocycles. The number of aliphatic carboxylic acids is 1. The molecule has 6 heteroatoms. The van der Waals surface area contributed by atoms with Gasteiger partial charge in [0.25, 0.3) is 0 Å². The second-order valence-corrected chi connectivity index (χ2v) is 6.18. The number of carboxylic acid groups (broad SMARTS) is 1. The molecule has 21 heavy (non-hydrogen) atoms. The summed E-state index contributed by atoms with van der Waals surface area (Å²) in [4.78, 5) is 23.7. The summed E-state index contributed by atoms with van der Waals surface area (Å²) in [7, 11) is 1.41. The number of rotatable bonds is 6. The normalized spacial score (nSPS) is 17.6. The summed E-state index contributed by atoms with van der Waals surface area (Å²) in [6.07, 6.45) is 2.44. The summed E-state index contributed by atoms with van der Waals surface area (Å²) >= 11 is 3.37. The molecule has 1 amide bonds. The molecular formula is C15H18BrNO4. The van der Waals surface area contributed by atoms with Crippen LogP contribution in [0.15, 0.2) is 28.7 Å². The monoisotopic (exact) mass is 355 g/mol. The van der Waals surface area contributed by atoms with Gasteiger partial charge in [-0.05, 0) is 30.5 Å². The first-order chi connectivity index (χ1) is 9.99. The number of carbonyl (C=O) groups excluding carboxylic acids is 1. The van der Waals surface area contributed by atoms with Crippen molar-refractivity contribution in [1.82, 2.24) is 5.32 Å². The standard InChI is InChI=1S/C15H18BrNO4/c1-21-9-12(13(18)19)17-14(20)15(7-2-8-15)10-3-5-11(16)6-4-10/h3-6,12H,2,7-9H2,1H3,(H,17,20)(H,18,19). The first-order valence-corrected chi connectivity index (χ1v) is 7.57. The smallest absolute Gasteiger partial charge is 0.328 e. The van der Waals surface area contributed by atoms with Crippen molar-refractivity contribution in [3.63, 3.8) is 0 Å². The van der Waals surface area contributed by atoms with E-state index in [0.29, 0.717) is 0 Å². The van der Waals surface area contributed by atoms with Crippen molar-refractivity contribution in [3.8, 4) is 0 Å². The van der Waals surface area contributed by atoms with Gasteiger partial charge in [0.15, 0.2) is 6.04 Å². The van der Waals surface area contributed by atoms with Crippen molar-refractivity contribution >= 4 is 27.8 Å². The highest BCUT2D eigenvalue weighted by Crippen LogP contribution is 2.44. The molecule has 0 bridgehead atoms. The number of hydrogen-bond acceptors (Lipinski definition) is 3. The Balaban J connectivity index is 2.18. The van der Waals surface area contributed by atoms with Gasteiger partial charge in [0.05, 0.1) is 12.0 Å². The topological polar surface area (TPSA) is 75.6 Å². The Morgan fingerprint density at radius 2 is 2.00 bits per heavy atom. The zero-order valence-corrected chi connectivity index (χ0v) is 13.4. The number of halogens is 1. The van der Waals surface area contributed by atoms with E-state index in [1.165, 1.54) is 7.11 Å². The zero-order chi connectivity index (χ0) is 15.5. The number of amides is 1. The largest absolute Gasteiger partial charge is 0.480 e. The van der Waals surface area contributed by atoms with E-state index in [-0.39, 0.29) is 12.5 Å². The Kier molecular flexibility index (Phi) is 5.00. The van der Waals surface area contributed by atoms with Gasteiger partial charge >= 0.3 is 5.97 Å². The van der Waals surface area contributed by atoms with Gasteiger partial charge in [-0.25, -0.2) is 4.79 Å². The molecule has 0 spiro atoms. The predicted octanol–water partition coefficient (Wildman–Crippen LogP) is 2.09. The molecule has 5 nitrogen and oxygen atoms in total. The molecule has 0 saturated heterocycles. The maximum absolute atomic E-state index is 12.6. The lowest BCUT2D eigenvalue weighted by Gasteiger charge is -2.41. The molecule has 1 aliphatic rings. The number of carbonyl (C=O) groups is 2. The molecule has 1 aromatic carbocycles. The average molecular weight is 356 g/mol. The molecule has 1 fully saturated rings. The molecule has 0 aromatic heterocycles. The lowest BCUT2D eigenvalue weighted by Crippen LogP contribution is -2.54. The molecular weight excluding hydrogens is 338 g/mol. The predicted molar refractivity (Wildman–Crippen MR) is 81.1 cm³/mol. The Morgan fingerprint density at radius 3 is 2.43 bits per heavy atom. The summed E-state index contributed by atoms with van der Waals surface area (Å²) in [5.41, 5.74) is 0.318. The highest BCUT2D eigenvalue weighted by molar-refractivity contribution is 9.10. The number of ether oxygens (including phenoxy) is 1. The van der Waals surface area contributed by atoms with Crippen LogP contribution < -0.4 is 5.32 Å². The maximum Gasteiger partial charge on any atom is 0.328 e. The van der Waals surface area contributed by atoms with E-state index < -0.39 is 17.4 Å². The van der Waals surface area contributed by atoms with Gasteiger partial charge in [-0.15, -0.1) is 0 Å². The van der Waals surface area contributed by atoms with Gasteiger partial charge < -0.3 is 15.2 Å². The number of hydrogen-bond donors (Lipinski definition) is 2. The molecule has 0 heterocycles. The van der Waals surface area contributed by atoms with E-state index in [2.05, 4.69) is 21.2 Å². The Labute approximate surface area is 131 Å². The fourth-order valence-electron chi connectivity index (χ4n) is 2.58. The Morgan fingerprint density at radius 1 is 1.38 bits per heavy atom. The first kappa shape index (κ1) is 16.0. The van der Waals surface area contributed by atoms with Crippen LogP contribution in [0.3, 0.4) is 0 Å². The second kappa shape index (κ2) is 6.58. The first-order valence-electron chi connectivity index (χ1n) is 6.78. The van der Waals surface area contributed by atoms with E-state index in [1.54, 1.807) is 0 Å². The van der Waals surface area contributed by atoms with Crippen LogP contribution >= 0.6 is 15.9 Å². The summed E-state index contributed by atoms with van der Waals surface area (Å²) < 4.78 is 5.80. The van der Waals surface area contributed by atoms with Crippen LogP contribution in [-0.2, 0) is 19.7 Å². The van der Waals surface area contributed by atoms with Gasteiger partial charge in [-0.3, -0.25) is 4.79 Å². The van der Waals surface area contributed by atoms with Crippen molar-refractivity contribution in [1.29, 1.82) is 0 Å². The summed E-state index contributed by atoms with van der Waals surface area (Å²) in [5.74, 6) is -1.32. The molecule has 1 unspecified atom stereocenters. The fourth-order valence-corrected chi connectivity index (χ4v) is 2.85. The van der Waals surface area contributed by atoms with Crippen LogP contribution in [0.1, 0.15) is 24.8 Å². The minimum Gasteiger partial charge on any atom is -0.480 e. The van der Waals surface area contributed by atoms with Gasteiger partial charge in [-0.1, -0.05) is 34.5 Å². The molecule has 0 radical (unpaired) electrons. The van der Waals surface area contributed by atoms with Crippen molar-refractivity contribution in [2.75, 3.05) is 13.7 Å². The van der Waals surface area contributed by atoms with E-state index >= 15 is 0 Å². The van der Waals surface area contributed by atoms with Gasteiger partial charge in [0.1, 0.15) is 0 Å². The second-order valence-electron chi connectivity index (χ2n) is 5.26. The van der Waals surface area contributed by atoms with Gasteiger partial charge in [0.2, 0.25) is 5.91 Å². The third kappa shape index (κ3) is 3.27. The maximum atomic E-state index is 12.6. The van der Waals surface area contributed by atoms with Crippen LogP contribution in [0.5, 0.6) is 0 Å². The molecule has 1 atom stereocenters. The minimum absolute atomic E-state index is 0.0442. The van der Waals surface area contributed by atoms with Gasteiger partial charge in [-0.2, -0.15) is 0 Å². The third-order valence-corrected chi connectivity index (χ3v) is 4.50. The van der Waals surface area contributed by atoms with Crippen molar-refractivity contribution in [3.05, 3.63) is 34.3 Å². The fraction of sp³-hybridized carbons (Fsp3) is 0.467. The highest BCUT2D eigenvalue weighted by Gasteiger charge is 2.46. The van der Waals surface area contributed by atoms with E-state index in [4.69, 9.17) is 9.84 Å². The molecule has 1 aromatic rings. The van der Waals surface area contributed by atoms with Gasteiger partial charge in [0, 0.05) is 11.6 Å².